The Bertz CT molecular complexity index is 322. The zero-order valence-electron chi connectivity index (χ0n) is 10.0. The lowest BCUT2D eigenvalue weighted by molar-refractivity contribution is 0.180. The molecule has 0 amide bonds. The second-order valence-electron chi connectivity index (χ2n) is 4.00. The molecule has 0 aromatic heterocycles. The third-order valence-electron chi connectivity index (χ3n) is 2.49. The molecule has 0 radical (unpaired) electrons. The Balaban J connectivity index is 2.68. The maximum Gasteiger partial charge on any atom is 0.142 e. The summed E-state index contributed by atoms with van der Waals surface area (Å²) in [7, 11) is 0. The number of hydrogen-bond acceptors (Lipinski definition) is 2. The summed E-state index contributed by atoms with van der Waals surface area (Å²) in [5.41, 5.74) is 6.61. The van der Waals surface area contributed by atoms with Gasteiger partial charge in [-0.1, -0.05) is 42.6 Å². The monoisotopic (exact) mass is 285 g/mol. The van der Waals surface area contributed by atoms with E-state index in [1.54, 1.807) is 0 Å². The Morgan fingerprint density at radius 3 is 2.38 bits per heavy atom. The van der Waals surface area contributed by atoms with Gasteiger partial charge in [0.15, 0.2) is 0 Å². The van der Waals surface area contributed by atoms with E-state index in [2.05, 4.69) is 29.8 Å². The van der Waals surface area contributed by atoms with Crippen molar-refractivity contribution in [1.29, 1.82) is 0 Å². The predicted octanol–water partition coefficient (Wildman–Crippen LogP) is 4.38. The van der Waals surface area contributed by atoms with E-state index in [1.165, 1.54) is 0 Å². The molecule has 1 aromatic rings. The minimum Gasteiger partial charge on any atom is -0.488 e. The maximum absolute atomic E-state index is 5.94. The Hall–Kier alpha value is -0.700. The van der Waals surface area contributed by atoms with Gasteiger partial charge in [-0.15, -0.1) is 0 Å². The van der Waals surface area contributed by atoms with Crippen LogP contribution in [0.1, 0.15) is 39.5 Å². The summed E-state index contributed by atoms with van der Waals surface area (Å²) in [5, 5.41) is 0. The van der Waals surface area contributed by atoms with Gasteiger partial charge in [0.2, 0.25) is 0 Å². The van der Waals surface area contributed by atoms with Crippen LogP contribution in [0.25, 0.3) is 0 Å². The number of nitrogen functional groups attached to an aromatic ring is 1. The molecule has 0 saturated carbocycles. The first-order valence-corrected chi connectivity index (χ1v) is 6.68. The highest BCUT2D eigenvalue weighted by Gasteiger charge is 2.10. The maximum atomic E-state index is 5.94. The minimum atomic E-state index is 0.290. The van der Waals surface area contributed by atoms with Gasteiger partial charge in [0.05, 0.1) is 11.8 Å². The lowest BCUT2D eigenvalue weighted by atomic mass is 10.1. The molecule has 0 aliphatic heterocycles. The van der Waals surface area contributed by atoms with Gasteiger partial charge in [0.25, 0.3) is 0 Å². The molecule has 0 aliphatic rings. The number of rotatable bonds is 6. The number of benzene rings is 1. The lowest BCUT2D eigenvalue weighted by Gasteiger charge is -2.19. The summed E-state index contributed by atoms with van der Waals surface area (Å²) in [6.07, 6.45) is 4.74. The quantitative estimate of drug-likeness (QED) is 0.788. The molecule has 1 aromatic carbocycles. The molecular weight excluding hydrogens is 266 g/mol. The first-order valence-electron chi connectivity index (χ1n) is 5.89. The van der Waals surface area contributed by atoms with E-state index in [0.29, 0.717) is 11.8 Å². The van der Waals surface area contributed by atoms with Crippen molar-refractivity contribution in [2.75, 3.05) is 5.73 Å². The van der Waals surface area contributed by atoms with Crippen LogP contribution in [0.4, 0.5) is 5.69 Å². The van der Waals surface area contributed by atoms with Crippen molar-refractivity contribution >= 4 is 21.6 Å². The van der Waals surface area contributed by atoms with Crippen LogP contribution in [0.3, 0.4) is 0 Å². The molecule has 16 heavy (non-hydrogen) atoms. The van der Waals surface area contributed by atoms with Crippen LogP contribution >= 0.6 is 15.9 Å². The molecule has 0 saturated heterocycles. The number of hydrogen-bond donors (Lipinski definition) is 1. The van der Waals surface area contributed by atoms with E-state index < -0.39 is 0 Å². The summed E-state index contributed by atoms with van der Waals surface area (Å²) in [4.78, 5) is 0. The second-order valence-corrected chi connectivity index (χ2v) is 4.92. The van der Waals surface area contributed by atoms with Crippen molar-refractivity contribution in [3.05, 3.63) is 22.7 Å². The first-order chi connectivity index (χ1) is 7.67. The molecule has 0 spiro atoms. The Morgan fingerprint density at radius 2 is 1.88 bits per heavy atom. The Labute approximate surface area is 106 Å². The van der Waals surface area contributed by atoms with E-state index in [4.69, 9.17) is 10.5 Å². The van der Waals surface area contributed by atoms with Gasteiger partial charge in [-0.2, -0.15) is 0 Å². The van der Waals surface area contributed by atoms with E-state index in [9.17, 15) is 0 Å². The zero-order chi connectivity index (χ0) is 12.0. The Morgan fingerprint density at radius 1 is 1.25 bits per heavy atom. The number of anilines is 1. The molecule has 0 heterocycles. The van der Waals surface area contributed by atoms with Gasteiger partial charge >= 0.3 is 0 Å². The van der Waals surface area contributed by atoms with E-state index >= 15 is 0 Å². The van der Waals surface area contributed by atoms with Crippen LogP contribution in [0, 0.1) is 0 Å². The third kappa shape index (κ3) is 4.05. The standard InChI is InChI=1S/C13H20BrNO/c1-3-5-11(6-4-2)16-13-8-7-10(14)9-12(13)15/h7-9,11H,3-6,15H2,1-2H3. The van der Waals surface area contributed by atoms with Crippen molar-refractivity contribution in [3.63, 3.8) is 0 Å². The minimum absolute atomic E-state index is 0.290. The van der Waals surface area contributed by atoms with Crippen molar-refractivity contribution in [2.24, 2.45) is 0 Å². The van der Waals surface area contributed by atoms with Crippen LogP contribution in [-0.4, -0.2) is 6.10 Å². The fourth-order valence-electron chi connectivity index (χ4n) is 1.71. The molecule has 1 rings (SSSR count). The molecule has 2 nitrogen and oxygen atoms in total. The largest absolute Gasteiger partial charge is 0.488 e. The van der Waals surface area contributed by atoms with Crippen LogP contribution in [0.5, 0.6) is 5.75 Å². The topological polar surface area (TPSA) is 35.2 Å². The smallest absolute Gasteiger partial charge is 0.142 e. The molecule has 2 N–H and O–H groups in total. The van der Waals surface area contributed by atoms with Crippen LogP contribution in [0.15, 0.2) is 22.7 Å². The SMILES string of the molecule is CCCC(CCC)Oc1ccc(Br)cc1N. The van der Waals surface area contributed by atoms with Crippen molar-refractivity contribution in [1.82, 2.24) is 0 Å². The van der Waals surface area contributed by atoms with Gasteiger partial charge in [-0.3, -0.25) is 0 Å². The zero-order valence-corrected chi connectivity index (χ0v) is 11.6. The summed E-state index contributed by atoms with van der Waals surface area (Å²) >= 11 is 3.39. The van der Waals surface area contributed by atoms with Gasteiger partial charge in [-0.05, 0) is 31.0 Å². The third-order valence-corrected chi connectivity index (χ3v) is 2.98. The van der Waals surface area contributed by atoms with Gasteiger partial charge in [0.1, 0.15) is 5.75 Å². The molecule has 90 valence electrons. The summed E-state index contributed by atoms with van der Waals surface area (Å²) in [6, 6.07) is 5.77. The lowest BCUT2D eigenvalue weighted by Crippen LogP contribution is -2.16. The number of nitrogens with two attached hydrogens (primary N) is 1. The normalized spacial score (nSPS) is 10.8. The predicted molar refractivity (Wildman–Crippen MR) is 72.8 cm³/mol. The van der Waals surface area contributed by atoms with Crippen molar-refractivity contribution < 1.29 is 4.74 Å². The van der Waals surface area contributed by atoms with E-state index in [1.807, 2.05) is 18.2 Å². The summed E-state index contributed by atoms with van der Waals surface area (Å²) in [6.45, 7) is 4.36. The summed E-state index contributed by atoms with van der Waals surface area (Å²) in [5.74, 6) is 0.801. The van der Waals surface area contributed by atoms with Crippen molar-refractivity contribution in [3.8, 4) is 5.75 Å². The number of ether oxygens (including phenoxy) is 1. The molecule has 0 atom stereocenters. The first kappa shape index (κ1) is 13.4. The second kappa shape index (κ2) is 6.79. The molecule has 0 fully saturated rings. The molecule has 0 aliphatic carbocycles. The average molecular weight is 286 g/mol. The molecule has 0 bridgehead atoms. The fraction of sp³-hybridized carbons (Fsp3) is 0.538. The van der Waals surface area contributed by atoms with Gasteiger partial charge in [-0.25, -0.2) is 0 Å². The van der Waals surface area contributed by atoms with Gasteiger partial charge < -0.3 is 10.5 Å². The van der Waals surface area contributed by atoms with Gasteiger partial charge in [0, 0.05) is 4.47 Å². The van der Waals surface area contributed by atoms with Crippen molar-refractivity contribution in [2.45, 2.75) is 45.6 Å². The molecule has 0 unspecified atom stereocenters. The highest BCUT2D eigenvalue weighted by atomic mass is 79.9. The van der Waals surface area contributed by atoms with E-state index in [-0.39, 0.29) is 0 Å². The van der Waals surface area contributed by atoms with Crippen LogP contribution < -0.4 is 10.5 Å². The van der Waals surface area contributed by atoms with Crippen LogP contribution in [-0.2, 0) is 0 Å². The summed E-state index contributed by atoms with van der Waals surface area (Å²) < 4.78 is 6.92. The highest BCUT2D eigenvalue weighted by Crippen LogP contribution is 2.27. The molecule has 3 heteroatoms. The number of halogens is 1. The van der Waals surface area contributed by atoms with E-state index in [0.717, 1.165) is 35.9 Å². The van der Waals surface area contributed by atoms with Crippen LogP contribution in [0.2, 0.25) is 0 Å². The Kier molecular flexibility index (Phi) is 5.67. The fourth-order valence-corrected chi connectivity index (χ4v) is 2.09. The average Bonchev–Trinajstić information content (AvgIpc) is 2.23. The highest BCUT2D eigenvalue weighted by molar-refractivity contribution is 9.10. The molecular formula is C13H20BrNO.